The monoisotopic (exact) mass is 278 g/mol. The molecule has 0 spiro atoms. The van der Waals surface area contributed by atoms with E-state index in [9.17, 15) is 4.79 Å². The van der Waals surface area contributed by atoms with Gasteiger partial charge in [-0.05, 0) is 30.5 Å². The van der Waals surface area contributed by atoms with Gasteiger partial charge in [-0.15, -0.1) is 11.3 Å². The van der Waals surface area contributed by atoms with Gasteiger partial charge in [0.15, 0.2) is 11.5 Å². The van der Waals surface area contributed by atoms with E-state index in [4.69, 9.17) is 14.6 Å². The molecule has 0 bridgehead atoms. The largest absolute Gasteiger partial charge is 0.493 e. The molecule has 0 radical (unpaired) electrons. The molecular weight excluding hydrogens is 264 g/mol. The molecule has 0 saturated carbocycles. The second kappa shape index (κ2) is 5.75. The van der Waals surface area contributed by atoms with Crippen LogP contribution in [0.5, 0.6) is 11.5 Å². The van der Waals surface area contributed by atoms with E-state index in [2.05, 4.69) is 0 Å². The number of benzene rings is 1. The van der Waals surface area contributed by atoms with Gasteiger partial charge in [0, 0.05) is 10.4 Å². The van der Waals surface area contributed by atoms with E-state index in [1.54, 1.807) is 6.07 Å². The van der Waals surface area contributed by atoms with Crippen molar-refractivity contribution in [2.24, 2.45) is 0 Å². The molecule has 4 nitrogen and oxygen atoms in total. The number of hydrogen-bond donors (Lipinski definition) is 1. The molecule has 0 aliphatic carbocycles. The van der Waals surface area contributed by atoms with Gasteiger partial charge in [-0.25, -0.2) is 4.79 Å². The Morgan fingerprint density at radius 1 is 1.42 bits per heavy atom. The molecule has 2 aromatic rings. The molecule has 0 atom stereocenters. The summed E-state index contributed by atoms with van der Waals surface area (Å²) >= 11 is 1.53. The molecule has 0 amide bonds. The molecule has 0 fully saturated rings. The van der Waals surface area contributed by atoms with Crippen LogP contribution in [0.25, 0.3) is 10.4 Å². The fourth-order valence-electron chi connectivity index (χ4n) is 1.79. The Balaban J connectivity index is 2.65. The van der Waals surface area contributed by atoms with Crippen molar-refractivity contribution in [2.75, 3.05) is 13.7 Å². The summed E-state index contributed by atoms with van der Waals surface area (Å²) < 4.78 is 10.9. The maximum absolute atomic E-state index is 11.2. The lowest BCUT2D eigenvalue weighted by molar-refractivity contribution is 0.0696. The number of carboxylic acids is 1. The number of ether oxygens (including phenoxy) is 2. The first-order valence-corrected chi connectivity index (χ1v) is 6.67. The van der Waals surface area contributed by atoms with Gasteiger partial charge in [0.2, 0.25) is 0 Å². The van der Waals surface area contributed by atoms with Crippen LogP contribution in [-0.2, 0) is 0 Å². The summed E-state index contributed by atoms with van der Waals surface area (Å²) in [6.07, 6.45) is 0. The third kappa shape index (κ3) is 2.71. The van der Waals surface area contributed by atoms with Gasteiger partial charge in [-0.3, -0.25) is 0 Å². The highest BCUT2D eigenvalue weighted by atomic mass is 32.1. The van der Waals surface area contributed by atoms with Gasteiger partial charge < -0.3 is 14.6 Å². The first-order chi connectivity index (χ1) is 9.17. The van der Waals surface area contributed by atoms with Gasteiger partial charge in [0.1, 0.15) is 0 Å². The zero-order valence-electron chi connectivity index (χ0n) is 10.7. The summed E-state index contributed by atoms with van der Waals surface area (Å²) in [6.45, 7) is 2.36. The minimum atomic E-state index is -0.987. The second-order valence-electron chi connectivity index (χ2n) is 3.77. The highest BCUT2D eigenvalue weighted by molar-refractivity contribution is 7.13. The lowest BCUT2D eigenvalue weighted by Gasteiger charge is -2.14. The molecular formula is C14H14O4S. The van der Waals surface area contributed by atoms with Gasteiger partial charge in [-0.2, -0.15) is 0 Å². The maximum atomic E-state index is 11.2. The van der Waals surface area contributed by atoms with Crippen LogP contribution in [0.15, 0.2) is 29.6 Å². The van der Waals surface area contributed by atoms with E-state index in [0.29, 0.717) is 18.1 Å². The van der Waals surface area contributed by atoms with Gasteiger partial charge in [0.25, 0.3) is 0 Å². The second-order valence-corrected chi connectivity index (χ2v) is 4.72. The Kier molecular flexibility index (Phi) is 4.06. The Hall–Kier alpha value is -2.01. The Bertz CT molecular complexity index is 575. The van der Waals surface area contributed by atoms with Crippen molar-refractivity contribution in [3.05, 3.63) is 35.2 Å². The highest BCUT2D eigenvalue weighted by Crippen LogP contribution is 2.41. The summed E-state index contributed by atoms with van der Waals surface area (Å²) in [7, 11) is 1.50. The zero-order chi connectivity index (χ0) is 13.8. The van der Waals surface area contributed by atoms with E-state index in [1.807, 2.05) is 24.4 Å². The lowest BCUT2D eigenvalue weighted by atomic mass is 10.1. The van der Waals surface area contributed by atoms with Crippen LogP contribution in [0.4, 0.5) is 0 Å². The molecule has 0 aliphatic heterocycles. The lowest BCUT2D eigenvalue weighted by Crippen LogP contribution is -2.02. The molecule has 100 valence electrons. The number of carboxylic acid groups (broad SMARTS) is 1. The maximum Gasteiger partial charge on any atom is 0.335 e. The topological polar surface area (TPSA) is 55.8 Å². The average Bonchev–Trinajstić information content (AvgIpc) is 2.92. The number of carbonyl (C=O) groups is 1. The van der Waals surface area contributed by atoms with Gasteiger partial charge >= 0.3 is 5.97 Å². The summed E-state index contributed by atoms with van der Waals surface area (Å²) in [4.78, 5) is 12.1. The smallest absolute Gasteiger partial charge is 0.335 e. The van der Waals surface area contributed by atoms with E-state index >= 15 is 0 Å². The zero-order valence-corrected chi connectivity index (χ0v) is 11.5. The Morgan fingerprint density at radius 3 is 2.74 bits per heavy atom. The number of hydrogen-bond acceptors (Lipinski definition) is 4. The van der Waals surface area contributed by atoms with Crippen LogP contribution in [-0.4, -0.2) is 24.8 Å². The Labute approximate surface area is 115 Å². The summed E-state index contributed by atoms with van der Waals surface area (Å²) in [6, 6.07) is 6.93. The highest BCUT2D eigenvalue weighted by Gasteiger charge is 2.17. The number of rotatable bonds is 5. The van der Waals surface area contributed by atoms with Crippen LogP contribution in [0.1, 0.15) is 17.3 Å². The first-order valence-electron chi connectivity index (χ1n) is 5.79. The fraction of sp³-hybridized carbons (Fsp3) is 0.214. The predicted molar refractivity (Wildman–Crippen MR) is 74.4 cm³/mol. The Morgan fingerprint density at radius 2 is 2.21 bits per heavy atom. The van der Waals surface area contributed by atoms with Crippen LogP contribution in [0, 0.1) is 0 Å². The molecule has 1 aromatic heterocycles. The van der Waals surface area contributed by atoms with Crippen LogP contribution < -0.4 is 9.47 Å². The molecule has 19 heavy (non-hydrogen) atoms. The van der Waals surface area contributed by atoms with Gasteiger partial charge in [-0.1, -0.05) is 6.07 Å². The molecule has 1 aromatic carbocycles. The molecule has 0 saturated heterocycles. The van der Waals surface area contributed by atoms with E-state index < -0.39 is 5.97 Å². The van der Waals surface area contributed by atoms with Crippen molar-refractivity contribution < 1.29 is 19.4 Å². The molecule has 5 heteroatoms. The van der Waals surface area contributed by atoms with E-state index in [0.717, 1.165) is 10.4 Å². The first kappa shape index (κ1) is 13.4. The third-order valence-corrected chi connectivity index (χ3v) is 3.50. The van der Waals surface area contributed by atoms with Crippen molar-refractivity contribution in [1.82, 2.24) is 0 Å². The van der Waals surface area contributed by atoms with Crippen molar-refractivity contribution >= 4 is 17.3 Å². The van der Waals surface area contributed by atoms with Crippen molar-refractivity contribution in [3.63, 3.8) is 0 Å². The van der Waals surface area contributed by atoms with E-state index in [1.165, 1.54) is 24.5 Å². The normalized spacial score (nSPS) is 10.2. The SMILES string of the molecule is CCOc1c(OC)cc(C(=O)O)cc1-c1cccs1. The van der Waals surface area contributed by atoms with Crippen LogP contribution in [0.3, 0.4) is 0 Å². The summed E-state index contributed by atoms with van der Waals surface area (Å²) in [5, 5.41) is 11.1. The molecule has 2 rings (SSSR count). The van der Waals surface area contributed by atoms with Crippen molar-refractivity contribution in [3.8, 4) is 21.9 Å². The standard InChI is InChI=1S/C14H14O4S/c1-3-18-13-10(12-5-4-6-19-12)7-9(14(15)16)8-11(13)17-2/h4-8H,3H2,1-2H3,(H,15,16). The average molecular weight is 278 g/mol. The minimum Gasteiger partial charge on any atom is -0.493 e. The van der Waals surface area contributed by atoms with Crippen LogP contribution in [0.2, 0.25) is 0 Å². The third-order valence-electron chi connectivity index (χ3n) is 2.60. The van der Waals surface area contributed by atoms with E-state index in [-0.39, 0.29) is 5.56 Å². The molecule has 0 aliphatic rings. The number of thiophene rings is 1. The molecule has 0 unspecified atom stereocenters. The van der Waals surface area contributed by atoms with Crippen molar-refractivity contribution in [2.45, 2.75) is 6.92 Å². The number of methoxy groups -OCH3 is 1. The molecule has 1 heterocycles. The predicted octanol–water partition coefficient (Wildman–Crippen LogP) is 3.52. The minimum absolute atomic E-state index is 0.184. The summed E-state index contributed by atoms with van der Waals surface area (Å²) in [5.74, 6) is 0.0294. The van der Waals surface area contributed by atoms with Gasteiger partial charge in [0.05, 0.1) is 19.3 Å². The fourth-order valence-corrected chi connectivity index (χ4v) is 2.52. The quantitative estimate of drug-likeness (QED) is 0.909. The molecule has 1 N–H and O–H groups in total. The van der Waals surface area contributed by atoms with Crippen molar-refractivity contribution in [1.29, 1.82) is 0 Å². The van der Waals surface area contributed by atoms with Crippen LogP contribution >= 0.6 is 11.3 Å². The summed E-state index contributed by atoms with van der Waals surface area (Å²) in [5.41, 5.74) is 0.928. The number of aromatic carboxylic acids is 1.